The highest BCUT2D eigenvalue weighted by Crippen LogP contribution is 2.30. The maximum absolute atomic E-state index is 12.6. The van der Waals surface area contributed by atoms with Gasteiger partial charge in [-0.25, -0.2) is 15.0 Å². The van der Waals surface area contributed by atoms with Gasteiger partial charge >= 0.3 is 6.18 Å². The van der Waals surface area contributed by atoms with E-state index in [-0.39, 0.29) is 35.9 Å². The lowest BCUT2D eigenvalue weighted by Crippen LogP contribution is -2.36. The Balaban J connectivity index is 0.00000364. The molecule has 2 rings (SSSR count). The van der Waals surface area contributed by atoms with Gasteiger partial charge in [0.15, 0.2) is 11.7 Å². The van der Waals surface area contributed by atoms with Gasteiger partial charge in [-0.15, -0.1) is 46.7 Å². The van der Waals surface area contributed by atoms with E-state index in [1.165, 1.54) is 0 Å². The first-order valence-electron chi connectivity index (χ1n) is 8.08. The van der Waals surface area contributed by atoms with Crippen LogP contribution < -0.4 is 10.6 Å². The number of halogens is 4. The van der Waals surface area contributed by atoms with Crippen LogP contribution in [0.15, 0.2) is 15.8 Å². The maximum Gasteiger partial charge on any atom is 0.434 e. The van der Waals surface area contributed by atoms with E-state index in [1.807, 2.05) is 12.3 Å². The summed E-state index contributed by atoms with van der Waals surface area (Å²) < 4.78 is 37.8. The first-order chi connectivity index (χ1) is 12.1. The number of alkyl halides is 3. The molecule has 0 bridgehead atoms. The lowest BCUT2D eigenvalue weighted by atomic mass is 9.98. The van der Waals surface area contributed by atoms with Crippen LogP contribution in [0, 0.1) is 0 Å². The topological polar surface area (TPSA) is 62.2 Å². The number of rotatable bonds is 5. The Kier molecular flexibility index (Phi) is 8.93. The SMILES string of the molecule is CCNC(=NCc1csc(C(C)(C)C)n1)NCc1nc(C(F)(F)F)cs1.I. The Hall–Kier alpha value is -0.950. The predicted molar refractivity (Wildman–Crippen MR) is 115 cm³/mol. The number of nitrogens with zero attached hydrogens (tertiary/aromatic N) is 3. The van der Waals surface area contributed by atoms with Crippen molar-refractivity contribution in [3.63, 3.8) is 0 Å². The molecule has 0 radical (unpaired) electrons. The van der Waals surface area contributed by atoms with Gasteiger partial charge in [0, 0.05) is 22.7 Å². The van der Waals surface area contributed by atoms with Crippen LogP contribution in [0.3, 0.4) is 0 Å². The monoisotopic (exact) mass is 533 g/mol. The van der Waals surface area contributed by atoms with Crippen molar-refractivity contribution in [2.45, 2.75) is 52.4 Å². The summed E-state index contributed by atoms with van der Waals surface area (Å²) >= 11 is 2.57. The van der Waals surface area contributed by atoms with Crippen molar-refractivity contribution in [1.82, 2.24) is 20.6 Å². The minimum absolute atomic E-state index is 0. The summed E-state index contributed by atoms with van der Waals surface area (Å²) in [6.45, 7) is 9.45. The van der Waals surface area contributed by atoms with Gasteiger partial charge < -0.3 is 10.6 Å². The Labute approximate surface area is 181 Å². The van der Waals surface area contributed by atoms with Gasteiger partial charge in [-0.2, -0.15) is 13.2 Å². The van der Waals surface area contributed by atoms with Crippen molar-refractivity contribution in [3.8, 4) is 0 Å². The van der Waals surface area contributed by atoms with Crippen LogP contribution in [0.4, 0.5) is 13.2 Å². The van der Waals surface area contributed by atoms with Crippen molar-refractivity contribution in [2.24, 2.45) is 4.99 Å². The third kappa shape index (κ3) is 7.53. The Morgan fingerprint density at radius 2 is 1.81 bits per heavy atom. The molecule has 0 saturated heterocycles. The van der Waals surface area contributed by atoms with Crippen molar-refractivity contribution in [1.29, 1.82) is 0 Å². The molecule has 0 aliphatic heterocycles. The molecule has 152 valence electrons. The fourth-order valence-corrected chi connectivity index (χ4v) is 3.55. The predicted octanol–water partition coefficient (Wildman–Crippen LogP) is 4.79. The molecule has 0 aromatic carbocycles. The molecule has 2 aromatic rings. The number of nitrogens with one attached hydrogen (secondary N) is 2. The van der Waals surface area contributed by atoms with Crippen LogP contribution in [-0.2, 0) is 24.7 Å². The average Bonchev–Trinajstić information content (AvgIpc) is 3.18. The zero-order chi connectivity index (χ0) is 19.4. The Morgan fingerprint density at radius 1 is 1.11 bits per heavy atom. The molecular formula is C16H23F3IN5S2. The second-order valence-corrected chi connectivity index (χ2v) is 8.37. The first-order valence-corrected chi connectivity index (χ1v) is 9.84. The van der Waals surface area contributed by atoms with Gasteiger partial charge in [-0.05, 0) is 6.92 Å². The van der Waals surface area contributed by atoms with Crippen molar-refractivity contribution >= 4 is 52.6 Å². The van der Waals surface area contributed by atoms with E-state index in [0.717, 1.165) is 27.4 Å². The van der Waals surface area contributed by atoms with Crippen LogP contribution in [0.1, 0.15) is 49.1 Å². The normalized spacial score (nSPS) is 12.6. The summed E-state index contributed by atoms with van der Waals surface area (Å²) in [5.41, 5.74) is 0.000288. The van der Waals surface area contributed by atoms with Crippen molar-refractivity contribution in [3.05, 3.63) is 32.2 Å². The molecule has 27 heavy (non-hydrogen) atoms. The van der Waals surface area contributed by atoms with E-state index in [2.05, 4.69) is 46.4 Å². The summed E-state index contributed by atoms with van der Waals surface area (Å²) in [5.74, 6) is 0.515. The highest BCUT2D eigenvalue weighted by Gasteiger charge is 2.33. The molecule has 11 heteroatoms. The molecular weight excluding hydrogens is 510 g/mol. The zero-order valence-electron chi connectivity index (χ0n) is 15.5. The lowest BCUT2D eigenvalue weighted by Gasteiger charge is -2.13. The highest BCUT2D eigenvalue weighted by molar-refractivity contribution is 14.0. The van der Waals surface area contributed by atoms with E-state index < -0.39 is 11.9 Å². The number of hydrogen-bond donors (Lipinski definition) is 2. The maximum atomic E-state index is 12.6. The van der Waals surface area contributed by atoms with Gasteiger partial charge in [-0.1, -0.05) is 20.8 Å². The number of guanidine groups is 1. The summed E-state index contributed by atoms with van der Waals surface area (Å²) in [6, 6.07) is 0. The van der Waals surface area contributed by atoms with Crippen molar-refractivity contribution in [2.75, 3.05) is 6.54 Å². The summed E-state index contributed by atoms with van der Waals surface area (Å²) in [6.07, 6.45) is -4.41. The number of aliphatic imine (C=N–C) groups is 1. The first kappa shape index (κ1) is 24.1. The van der Waals surface area contributed by atoms with Gasteiger partial charge in [0.1, 0.15) is 5.01 Å². The number of thiazole rings is 2. The van der Waals surface area contributed by atoms with Crippen LogP contribution in [-0.4, -0.2) is 22.5 Å². The molecule has 0 fully saturated rings. The van der Waals surface area contributed by atoms with Crippen LogP contribution in [0.5, 0.6) is 0 Å². The van der Waals surface area contributed by atoms with Crippen LogP contribution in [0.2, 0.25) is 0 Å². The smallest absolute Gasteiger partial charge is 0.357 e. The van der Waals surface area contributed by atoms with E-state index >= 15 is 0 Å². The molecule has 0 spiro atoms. The second kappa shape index (κ2) is 10.0. The summed E-state index contributed by atoms with van der Waals surface area (Å²) in [5, 5.41) is 10.5. The summed E-state index contributed by atoms with van der Waals surface area (Å²) in [4.78, 5) is 12.6. The van der Waals surface area contributed by atoms with Gasteiger partial charge in [0.25, 0.3) is 0 Å². The fourth-order valence-electron chi connectivity index (χ4n) is 1.91. The molecule has 0 atom stereocenters. The van der Waals surface area contributed by atoms with E-state index in [4.69, 9.17) is 0 Å². The van der Waals surface area contributed by atoms with Gasteiger partial charge in [0.2, 0.25) is 0 Å². The molecule has 0 amide bonds. The van der Waals surface area contributed by atoms with E-state index in [9.17, 15) is 13.2 Å². The standard InChI is InChI=1S/C16H22F3N5S2.HI/c1-5-20-14(21-6-10-8-26-13(23-10)15(2,3)4)22-7-12-24-11(9-25-12)16(17,18)19;/h8-9H,5-7H2,1-4H3,(H2,20,21,22);1H. The molecule has 0 saturated carbocycles. The van der Waals surface area contributed by atoms with Gasteiger partial charge in [-0.3, -0.25) is 0 Å². The summed E-state index contributed by atoms with van der Waals surface area (Å²) in [7, 11) is 0. The third-order valence-electron chi connectivity index (χ3n) is 3.19. The molecule has 0 aliphatic carbocycles. The van der Waals surface area contributed by atoms with Crippen LogP contribution >= 0.6 is 46.7 Å². The minimum Gasteiger partial charge on any atom is -0.357 e. The number of aromatic nitrogens is 2. The average molecular weight is 533 g/mol. The Bertz CT molecular complexity index is 750. The zero-order valence-corrected chi connectivity index (χ0v) is 19.4. The molecule has 5 nitrogen and oxygen atoms in total. The quantitative estimate of drug-likeness (QED) is 0.330. The minimum atomic E-state index is -4.41. The second-order valence-electron chi connectivity index (χ2n) is 6.57. The molecule has 0 aliphatic rings. The van der Waals surface area contributed by atoms with Crippen LogP contribution in [0.25, 0.3) is 0 Å². The fraction of sp³-hybridized carbons (Fsp3) is 0.562. The van der Waals surface area contributed by atoms with Gasteiger partial charge in [0.05, 0.1) is 23.8 Å². The largest absolute Gasteiger partial charge is 0.434 e. The third-order valence-corrected chi connectivity index (χ3v) is 5.35. The molecule has 0 unspecified atom stereocenters. The van der Waals surface area contributed by atoms with Crippen molar-refractivity contribution < 1.29 is 13.2 Å². The molecule has 2 aromatic heterocycles. The molecule has 2 N–H and O–H groups in total. The highest BCUT2D eigenvalue weighted by atomic mass is 127. The van der Waals surface area contributed by atoms with E-state index in [0.29, 0.717) is 24.1 Å². The van der Waals surface area contributed by atoms with E-state index in [1.54, 1.807) is 11.3 Å². The Morgan fingerprint density at radius 3 is 2.33 bits per heavy atom. The lowest BCUT2D eigenvalue weighted by molar-refractivity contribution is -0.140. The number of hydrogen-bond acceptors (Lipinski definition) is 5. The molecule has 2 heterocycles.